The van der Waals surface area contributed by atoms with E-state index in [9.17, 15) is 0 Å². The number of rotatable bonds is 3. The minimum Gasteiger partial charge on any atom is -0.361 e. The first-order chi connectivity index (χ1) is 11.8. The van der Waals surface area contributed by atoms with Crippen molar-refractivity contribution in [2.24, 2.45) is 0 Å². The molecule has 1 atom stereocenters. The number of fused-ring (bicyclic) bond motifs is 1. The zero-order valence-corrected chi connectivity index (χ0v) is 13.9. The third-order valence-electron chi connectivity index (χ3n) is 4.73. The number of anilines is 1. The Bertz CT molecular complexity index is 812. The third kappa shape index (κ3) is 3.06. The van der Waals surface area contributed by atoms with Crippen LogP contribution in [-0.2, 0) is 13.0 Å². The molecule has 0 saturated heterocycles. The third-order valence-corrected chi connectivity index (χ3v) is 4.73. The van der Waals surface area contributed by atoms with Gasteiger partial charge in [0.1, 0.15) is 6.04 Å². The summed E-state index contributed by atoms with van der Waals surface area (Å²) in [6.07, 6.45) is 1.06. The quantitative estimate of drug-likeness (QED) is 0.787. The van der Waals surface area contributed by atoms with Gasteiger partial charge in [-0.1, -0.05) is 66.7 Å². The molecule has 0 amide bonds. The van der Waals surface area contributed by atoms with Gasteiger partial charge in [0.2, 0.25) is 0 Å². The van der Waals surface area contributed by atoms with Crippen LogP contribution in [0.15, 0.2) is 78.9 Å². The summed E-state index contributed by atoms with van der Waals surface area (Å²) in [5.74, 6) is 0. The Morgan fingerprint density at radius 2 is 1.54 bits per heavy atom. The van der Waals surface area contributed by atoms with Crippen molar-refractivity contribution in [3.8, 4) is 11.1 Å². The van der Waals surface area contributed by atoms with Gasteiger partial charge in [0, 0.05) is 18.7 Å². The van der Waals surface area contributed by atoms with Crippen molar-refractivity contribution in [3.05, 3.63) is 90.0 Å². The highest BCUT2D eigenvalue weighted by atomic mass is 15.2. The van der Waals surface area contributed by atoms with E-state index in [0.29, 0.717) is 6.04 Å². The van der Waals surface area contributed by atoms with Gasteiger partial charge in [0.15, 0.2) is 0 Å². The highest BCUT2D eigenvalue weighted by molar-refractivity contribution is 5.70. The minimum absolute atomic E-state index is 0.437. The van der Waals surface area contributed by atoms with Crippen molar-refractivity contribution in [1.29, 1.82) is 0 Å². The van der Waals surface area contributed by atoms with Crippen LogP contribution in [0.3, 0.4) is 0 Å². The topological polar surface area (TPSA) is 30.9 Å². The van der Waals surface area contributed by atoms with Gasteiger partial charge in [-0.15, -0.1) is 0 Å². The zero-order chi connectivity index (χ0) is 16.4. The van der Waals surface area contributed by atoms with Gasteiger partial charge in [-0.05, 0) is 34.4 Å². The number of benzene rings is 3. The Balaban J connectivity index is 1.67. The molecule has 24 heavy (non-hydrogen) atoms. The summed E-state index contributed by atoms with van der Waals surface area (Å²) in [6.45, 7) is 1.97. The summed E-state index contributed by atoms with van der Waals surface area (Å²) in [7, 11) is 0. The van der Waals surface area contributed by atoms with Crippen molar-refractivity contribution in [1.82, 2.24) is 0 Å². The molecule has 3 N–H and O–H groups in total. The molecule has 3 aromatic rings. The van der Waals surface area contributed by atoms with Crippen LogP contribution in [0.4, 0.5) is 5.69 Å². The first kappa shape index (κ1) is 15.0. The van der Waals surface area contributed by atoms with Crippen molar-refractivity contribution < 1.29 is 5.73 Å². The summed E-state index contributed by atoms with van der Waals surface area (Å²) < 4.78 is 0. The van der Waals surface area contributed by atoms with Crippen LogP contribution in [-0.4, -0.2) is 12.6 Å². The van der Waals surface area contributed by atoms with Crippen molar-refractivity contribution >= 4 is 5.69 Å². The molecule has 4 rings (SSSR count). The van der Waals surface area contributed by atoms with Gasteiger partial charge >= 0.3 is 0 Å². The van der Waals surface area contributed by atoms with Gasteiger partial charge in [-0.2, -0.15) is 0 Å². The van der Waals surface area contributed by atoms with Gasteiger partial charge in [-0.25, -0.2) is 0 Å². The SMILES string of the molecule is [NH3+]C1Cc2cc(-c3ccccc3)ccc2N(Cc2ccccc2)C1. The maximum Gasteiger partial charge on any atom is 0.106 e. The molecule has 0 saturated carbocycles. The summed E-state index contributed by atoms with van der Waals surface area (Å²) in [6, 6.07) is 28.6. The van der Waals surface area contributed by atoms with E-state index in [0.717, 1.165) is 19.5 Å². The lowest BCUT2D eigenvalue weighted by Gasteiger charge is -2.33. The van der Waals surface area contributed by atoms with Crippen LogP contribution in [0.2, 0.25) is 0 Å². The molecule has 0 radical (unpaired) electrons. The number of nitrogens with zero attached hydrogens (tertiary/aromatic N) is 1. The molecule has 1 unspecified atom stereocenters. The summed E-state index contributed by atoms with van der Waals surface area (Å²) in [5.41, 5.74) is 11.0. The molecular formula is C22H23N2+. The van der Waals surface area contributed by atoms with E-state index < -0.39 is 0 Å². The Labute approximate surface area is 143 Å². The Morgan fingerprint density at radius 1 is 0.833 bits per heavy atom. The van der Waals surface area contributed by atoms with E-state index >= 15 is 0 Å². The maximum atomic E-state index is 4.35. The fourth-order valence-corrected chi connectivity index (χ4v) is 3.61. The van der Waals surface area contributed by atoms with Crippen molar-refractivity contribution in [2.45, 2.75) is 19.0 Å². The van der Waals surface area contributed by atoms with E-state index in [4.69, 9.17) is 0 Å². The monoisotopic (exact) mass is 315 g/mol. The summed E-state index contributed by atoms with van der Waals surface area (Å²) in [5, 5.41) is 0. The fraction of sp³-hybridized carbons (Fsp3) is 0.182. The molecule has 1 aliphatic heterocycles. The second-order valence-electron chi connectivity index (χ2n) is 6.65. The smallest absolute Gasteiger partial charge is 0.106 e. The van der Waals surface area contributed by atoms with E-state index in [1.807, 2.05) is 0 Å². The van der Waals surface area contributed by atoms with Crippen molar-refractivity contribution in [3.63, 3.8) is 0 Å². The predicted octanol–water partition coefficient (Wildman–Crippen LogP) is 3.53. The van der Waals surface area contributed by atoms with Gasteiger partial charge < -0.3 is 10.6 Å². The van der Waals surface area contributed by atoms with Crippen LogP contribution in [0.5, 0.6) is 0 Å². The molecule has 0 fully saturated rings. The minimum atomic E-state index is 0.437. The molecule has 3 aromatic carbocycles. The van der Waals surface area contributed by atoms with Gasteiger partial charge in [0.25, 0.3) is 0 Å². The zero-order valence-electron chi connectivity index (χ0n) is 13.9. The fourth-order valence-electron chi connectivity index (χ4n) is 3.61. The van der Waals surface area contributed by atoms with Crippen LogP contribution >= 0.6 is 0 Å². The second kappa shape index (κ2) is 6.50. The number of hydrogen-bond acceptors (Lipinski definition) is 1. The van der Waals surface area contributed by atoms with Crippen LogP contribution < -0.4 is 10.6 Å². The van der Waals surface area contributed by atoms with E-state index in [-0.39, 0.29) is 0 Å². The summed E-state index contributed by atoms with van der Waals surface area (Å²) in [4.78, 5) is 2.47. The van der Waals surface area contributed by atoms with Crippen molar-refractivity contribution in [2.75, 3.05) is 11.4 Å². The van der Waals surface area contributed by atoms with Crippen LogP contribution in [0.1, 0.15) is 11.1 Å². The van der Waals surface area contributed by atoms with Crippen LogP contribution in [0.25, 0.3) is 11.1 Å². The Morgan fingerprint density at radius 3 is 2.29 bits per heavy atom. The molecule has 0 aromatic heterocycles. The largest absolute Gasteiger partial charge is 0.361 e. The number of hydrogen-bond donors (Lipinski definition) is 1. The molecule has 1 heterocycles. The standard InChI is InChI=1S/C22H22N2/c23-21-14-20-13-19(18-9-5-2-6-10-18)11-12-22(20)24(16-21)15-17-7-3-1-4-8-17/h1-13,21H,14-16,23H2/p+1. The molecule has 120 valence electrons. The van der Waals surface area contributed by atoms with Crippen LogP contribution in [0, 0.1) is 0 Å². The average Bonchev–Trinajstić information content (AvgIpc) is 2.63. The lowest BCUT2D eigenvalue weighted by molar-refractivity contribution is -0.416. The highest BCUT2D eigenvalue weighted by Gasteiger charge is 2.24. The molecule has 0 aliphatic carbocycles. The first-order valence-electron chi connectivity index (χ1n) is 8.60. The first-order valence-corrected chi connectivity index (χ1v) is 8.60. The average molecular weight is 315 g/mol. The molecule has 0 spiro atoms. The van der Waals surface area contributed by atoms with E-state index in [1.165, 1.54) is 27.9 Å². The van der Waals surface area contributed by atoms with E-state index in [2.05, 4.69) is 89.5 Å². The number of quaternary nitrogens is 1. The molecule has 2 nitrogen and oxygen atoms in total. The lowest BCUT2D eigenvalue weighted by Crippen LogP contribution is -2.67. The molecule has 2 heteroatoms. The highest BCUT2D eigenvalue weighted by Crippen LogP contribution is 2.32. The normalized spacial score (nSPS) is 16.7. The Kier molecular flexibility index (Phi) is 4.06. The molecular weight excluding hydrogens is 292 g/mol. The lowest BCUT2D eigenvalue weighted by atomic mass is 9.94. The summed E-state index contributed by atoms with van der Waals surface area (Å²) >= 11 is 0. The maximum absolute atomic E-state index is 4.35. The second-order valence-corrected chi connectivity index (χ2v) is 6.65. The molecule has 0 bridgehead atoms. The Hall–Kier alpha value is -2.58. The van der Waals surface area contributed by atoms with Gasteiger partial charge in [-0.3, -0.25) is 0 Å². The van der Waals surface area contributed by atoms with E-state index in [1.54, 1.807) is 0 Å². The molecule has 1 aliphatic rings. The van der Waals surface area contributed by atoms with Gasteiger partial charge in [0.05, 0.1) is 6.54 Å². The predicted molar refractivity (Wildman–Crippen MR) is 99.8 cm³/mol.